The van der Waals surface area contributed by atoms with Crippen LogP contribution in [0.25, 0.3) is 21.9 Å². The summed E-state index contributed by atoms with van der Waals surface area (Å²) < 4.78 is 5.83. The first-order chi connectivity index (χ1) is 17.4. The van der Waals surface area contributed by atoms with E-state index in [-0.39, 0.29) is 18.2 Å². The van der Waals surface area contributed by atoms with Gasteiger partial charge in [-0.2, -0.15) is 0 Å². The Bertz CT molecular complexity index is 1450. The Labute approximate surface area is 209 Å². The number of amides is 2. The molecule has 2 amide bonds. The highest BCUT2D eigenvalue weighted by molar-refractivity contribution is 6.02. The molecular weight excluding hydrogens is 454 g/mol. The van der Waals surface area contributed by atoms with Crippen LogP contribution in [-0.2, 0) is 4.74 Å². The van der Waals surface area contributed by atoms with Gasteiger partial charge in [0.25, 0.3) is 0 Å². The lowest BCUT2D eigenvalue weighted by atomic mass is 10.1. The van der Waals surface area contributed by atoms with E-state index in [0.717, 1.165) is 57.5 Å². The molecule has 3 heterocycles. The van der Waals surface area contributed by atoms with E-state index >= 15 is 0 Å². The normalized spacial score (nSPS) is 20.2. The smallest absolute Gasteiger partial charge is 0.324 e. The van der Waals surface area contributed by atoms with Crippen LogP contribution in [0.5, 0.6) is 0 Å². The lowest BCUT2D eigenvalue weighted by molar-refractivity contribution is -0.0536. The number of anilines is 3. The Morgan fingerprint density at radius 1 is 1.14 bits per heavy atom. The van der Waals surface area contributed by atoms with Gasteiger partial charge in [0.05, 0.1) is 28.9 Å². The van der Waals surface area contributed by atoms with Crippen LogP contribution in [0.2, 0.25) is 0 Å². The molecule has 2 atom stereocenters. The lowest BCUT2D eigenvalue weighted by Crippen LogP contribution is -2.52. The second-order valence-corrected chi connectivity index (χ2v) is 10.1. The molecule has 1 aliphatic carbocycles. The van der Waals surface area contributed by atoms with Gasteiger partial charge in [0.15, 0.2) is 0 Å². The van der Waals surface area contributed by atoms with Gasteiger partial charge in [-0.05, 0) is 51.3 Å². The largest absolute Gasteiger partial charge is 0.372 e. The van der Waals surface area contributed by atoms with Crippen molar-refractivity contribution < 1.29 is 9.53 Å². The molecule has 1 aliphatic heterocycles. The molecule has 2 aliphatic rings. The molecule has 1 saturated carbocycles. The Morgan fingerprint density at radius 2 is 1.92 bits per heavy atom. The fourth-order valence-corrected chi connectivity index (χ4v) is 5.04. The number of carbonyl (C=O) groups excluding carboxylic acids is 1. The van der Waals surface area contributed by atoms with Crippen LogP contribution in [0.1, 0.15) is 44.0 Å². The van der Waals surface area contributed by atoms with Crippen molar-refractivity contribution in [3.8, 4) is 0 Å². The Kier molecular flexibility index (Phi) is 5.52. The van der Waals surface area contributed by atoms with Gasteiger partial charge in [-0.25, -0.2) is 19.7 Å². The van der Waals surface area contributed by atoms with Gasteiger partial charge in [-0.3, -0.25) is 4.90 Å². The number of ether oxygens (including phenoxy) is 1. The number of imidazole rings is 1. The van der Waals surface area contributed by atoms with Gasteiger partial charge in [-0.15, -0.1) is 0 Å². The van der Waals surface area contributed by atoms with E-state index in [1.54, 1.807) is 4.90 Å². The van der Waals surface area contributed by atoms with Crippen LogP contribution in [0.4, 0.5) is 22.1 Å². The van der Waals surface area contributed by atoms with Crippen LogP contribution in [0.15, 0.2) is 36.5 Å². The number of fused-ring (bicyclic) bond motifs is 2. The van der Waals surface area contributed by atoms with Crippen molar-refractivity contribution in [3.63, 3.8) is 0 Å². The summed E-state index contributed by atoms with van der Waals surface area (Å²) in [6.07, 6.45) is 4.11. The summed E-state index contributed by atoms with van der Waals surface area (Å²) in [5.74, 6) is 1.96. The summed E-state index contributed by atoms with van der Waals surface area (Å²) >= 11 is 0. The van der Waals surface area contributed by atoms with Crippen molar-refractivity contribution in [3.05, 3.63) is 47.9 Å². The molecule has 1 saturated heterocycles. The minimum Gasteiger partial charge on any atom is -0.372 e. The third-order valence-electron chi connectivity index (χ3n) is 6.96. The number of nitrogens with one attached hydrogen (secondary N) is 2. The van der Waals surface area contributed by atoms with Crippen molar-refractivity contribution in [2.45, 2.75) is 51.7 Å². The first-order valence-electron chi connectivity index (χ1n) is 12.6. The summed E-state index contributed by atoms with van der Waals surface area (Å²) in [7, 11) is 1.81. The van der Waals surface area contributed by atoms with Crippen molar-refractivity contribution in [2.24, 2.45) is 0 Å². The molecule has 2 unspecified atom stereocenters. The second-order valence-electron chi connectivity index (χ2n) is 10.1. The predicted octanol–water partition coefficient (Wildman–Crippen LogP) is 5.10. The standard InChI is InChI=1S/C27H31N7O2/c1-15-6-5-7-19-12-28-26(32-23(15)19)29-20-10-21-24(31-25(30-21)18-8-9-18)22(11-20)33(4)27(35)34-13-16(2)36-17(3)14-34/h5-7,10-12,16-18H,8-9,13-14H2,1-4H3,(H,30,31)(H,28,29,32). The zero-order valence-corrected chi connectivity index (χ0v) is 21.1. The number of morpholine rings is 1. The average molecular weight is 486 g/mol. The maximum Gasteiger partial charge on any atom is 0.324 e. The van der Waals surface area contributed by atoms with Crippen molar-refractivity contribution in [1.82, 2.24) is 24.8 Å². The summed E-state index contributed by atoms with van der Waals surface area (Å²) in [5.41, 5.74) is 5.22. The first-order valence-corrected chi connectivity index (χ1v) is 12.6. The fraction of sp³-hybridized carbons (Fsp3) is 0.407. The van der Waals surface area contributed by atoms with E-state index in [1.807, 2.05) is 69.2 Å². The van der Waals surface area contributed by atoms with Crippen molar-refractivity contribution >= 4 is 45.3 Å². The van der Waals surface area contributed by atoms with Gasteiger partial charge in [0.2, 0.25) is 5.95 Å². The number of rotatable bonds is 4. The number of para-hydroxylation sites is 1. The Morgan fingerprint density at radius 3 is 2.67 bits per heavy atom. The molecule has 6 rings (SSSR count). The number of hydrogen-bond donors (Lipinski definition) is 2. The monoisotopic (exact) mass is 485 g/mol. The number of aromatic amines is 1. The summed E-state index contributed by atoms with van der Waals surface area (Å²) in [6.45, 7) is 7.17. The number of carbonyl (C=O) groups is 1. The molecule has 0 radical (unpaired) electrons. The molecule has 9 nitrogen and oxygen atoms in total. The molecule has 2 N–H and O–H groups in total. The molecule has 2 aromatic heterocycles. The molecular formula is C27H31N7O2. The third-order valence-corrected chi connectivity index (χ3v) is 6.96. The quantitative estimate of drug-likeness (QED) is 0.417. The lowest BCUT2D eigenvalue weighted by Gasteiger charge is -2.37. The zero-order chi connectivity index (χ0) is 25.0. The highest BCUT2D eigenvalue weighted by atomic mass is 16.5. The molecule has 186 valence electrons. The predicted molar refractivity (Wildman–Crippen MR) is 141 cm³/mol. The average Bonchev–Trinajstić information content (AvgIpc) is 3.61. The molecule has 2 fully saturated rings. The van der Waals surface area contributed by atoms with E-state index in [2.05, 4.69) is 15.3 Å². The van der Waals surface area contributed by atoms with Gasteiger partial charge in [0, 0.05) is 43.3 Å². The van der Waals surface area contributed by atoms with Gasteiger partial charge in [0.1, 0.15) is 11.3 Å². The number of aromatic nitrogens is 4. The topological polar surface area (TPSA) is 99.3 Å². The van der Waals surface area contributed by atoms with Gasteiger partial charge >= 0.3 is 6.03 Å². The maximum absolute atomic E-state index is 13.6. The molecule has 0 spiro atoms. The van der Waals surface area contributed by atoms with Crippen LogP contribution < -0.4 is 10.2 Å². The van der Waals surface area contributed by atoms with Gasteiger partial charge in [-0.1, -0.05) is 18.2 Å². The summed E-state index contributed by atoms with van der Waals surface area (Å²) in [5, 5.41) is 4.35. The molecule has 9 heteroatoms. The first kappa shape index (κ1) is 22.7. The van der Waals surface area contributed by atoms with E-state index in [1.165, 1.54) is 0 Å². The van der Waals surface area contributed by atoms with Crippen molar-refractivity contribution in [1.29, 1.82) is 0 Å². The number of benzene rings is 2. The zero-order valence-electron chi connectivity index (χ0n) is 21.1. The van der Waals surface area contributed by atoms with Crippen molar-refractivity contribution in [2.75, 3.05) is 30.4 Å². The highest BCUT2D eigenvalue weighted by Crippen LogP contribution is 2.41. The minimum absolute atomic E-state index is 0.000480. The number of urea groups is 1. The SMILES string of the molecule is Cc1cccc2cnc(Nc3cc(N(C)C(=O)N4CC(C)OC(C)C4)c4nc(C5CC5)[nH]c4c3)nc12. The third kappa shape index (κ3) is 4.24. The summed E-state index contributed by atoms with van der Waals surface area (Å²) in [4.78, 5) is 34.8. The fourth-order valence-electron chi connectivity index (χ4n) is 5.04. The van der Waals surface area contributed by atoms with Gasteiger partial charge < -0.3 is 19.9 Å². The van der Waals surface area contributed by atoms with Crippen LogP contribution in [-0.4, -0.2) is 63.2 Å². The summed E-state index contributed by atoms with van der Waals surface area (Å²) in [6, 6.07) is 9.96. The van der Waals surface area contributed by atoms with Crippen LogP contribution in [0.3, 0.4) is 0 Å². The number of aryl methyl sites for hydroxylation is 1. The minimum atomic E-state index is -0.0657. The van der Waals surface area contributed by atoms with Crippen LogP contribution in [0, 0.1) is 6.92 Å². The van der Waals surface area contributed by atoms with E-state index in [4.69, 9.17) is 14.7 Å². The number of nitrogens with zero attached hydrogens (tertiary/aromatic N) is 5. The van der Waals surface area contributed by atoms with E-state index < -0.39 is 0 Å². The Balaban J connectivity index is 1.37. The van der Waals surface area contributed by atoms with E-state index in [9.17, 15) is 4.79 Å². The number of H-pyrrole nitrogens is 1. The molecule has 2 aromatic carbocycles. The van der Waals surface area contributed by atoms with Crippen LogP contribution >= 0.6 is 0 Å². The maximum atomic E-state index is 13.6. The second kappa shape index (κ2) is 8.74. The molecule has 36 heavy (non-hydrogen) atoms. The molecule has 4 aromatic rings. The molecule has 0 bridgehead atoms. The van der Waals surface area contributed by atoms with E-state index in [0.29, 0.717) is 25.0 Å². The Hall–Kier alpha value is -3.72. The number of hydrogen-bond acceptors (Lipinski definition) is 6. The highest BCUT2D eigenvalue weighted by Gasteiger charge is 2.31.